The molecule has 0 spiro atoms. The molecule has 6 rings (SSSR count). The van der Waals surface area contributed by atoms with Crippen molar-refractivity contribution in [1.29, 1.82) is 0 Å². The third kappa shape index (κ3) is 5.45. The number of benzene rings is 3. The molecular formula is C32H29N5O9. The van der Waals surface area contributed by atoms with Gasteiger partial charge in [0, 0.05) is 0 Å². The Morgan fingerprint density at radius 2 is 1.54 bits per heavy atom. The summed E-state index contributed by atoms with van der Waals surface area (Å²) in [7, 11) is 0. The van der Waals surface area contributed by atoms with Crippen molar-refractivity contribution in [2.24, 2.45) is 5.92 Å². The van der Waals surface area contributed by atoms with E-state index in [1.165, 1.54) is 0 Å². The summed E-state index contributed by atoms with van der Waals surface area (Å²) in [6.45, 7) is 1.76. The highest BCUT2D eigenvalue weighted by Gasteiger charge is 2.71. The number of carbonyl (C=O) groups excluding carboxylic acids is 2. The maximum Gasteiger partial charge on any atom is 0.330 e. The summed E-state index contributed by atoms with van der Waals surface area (Å²) < 4.78 is 13.2. The molecule has 46 heavy (non-hydrogen) atoms. The Balaban J connectivity index is 1.45. The van der Waals surface area contributed by atoms with Gasteiger partial charge in [-0.25, -0.2) is 24.8 Å². The van der Waals surface area contributed by atoms with Gasteiger partial charge in [0.25, 0.3) is 5.79 Å². The third-order valence-corrected chi connectivity index (χ3v) is 7.46. The lowest BCUT2D eigenvalue weighted by Gasteiger charge is -2.35. The van der Waals surface area contributed by atoms with E-state index in [-0.39, 0.29) is 22.7 Å². The van der Waals surface area contributed by atoms with E-state index in [9.17, 15) is 19.5 Å². The SMILES string of the molecule is CC(=O)[C@@H]1[C@@](O)(Oc2ccccc2)[C@@H](COOc2ccccc2)O[C@@]1(C(C)=O)n1c(=O)[nH]c2c(NOc3ccccc3)ncnc21. The van der Waals surface area contributed by atoms with Gasteiger partial charge in [-0.05, 0) is 50.2 Å². The van der Waals surface area contributed by atoms with Crippen molar-refractivity contribution in [2.75, 3.05) is 12.1 Å². The van der Waals surface area contributed by atoms with Crippen LogP contribution in [-0.2, 0) is 24.9 Å². The lowest BCUT2D eigenvalue weighted by molar-refractivity contribution is -0.267. The van der Waals surface area contributed by atoms with E-state index in [2.05, 4.69) is 20.4 Å². The minimum atomic E-state index is -2.55. The second-order valence-electron chi connectivity index (χ2n) is 10.5. The minimum absolute atomic E-state index is 0.0367. The number of carbonyl (C=O) groups is 2. The van der Waals surface area contributed by atoms with Crippen molar-refractivity contribution in [3.8, 4) is 17.2 Å². The number of aromatic nitrogens is 4. The number of nitrogens with zero attached hydrogens (tertiary/aromatic N) is 3. The van der Waals surface area contributed by atoms with Gasteiger partial charge < -0.3 is 29.3 Å². The molecule has 14 nitrogen and oxygen atoms in total. The molecule has 0 bridgehead atoms. The number of rotatable bonds is 12. The number of imidazole rings is 1. The Labute approximate surface area is 261 Å². The molecule has 0 amide bonds. The average molecular weight is 628 g/mol. The fraction of sp³-hybridized carbons (Fsp3) is 0.219. The number of ketones is 2. The number of para-hydroxylation sites is 3. The molecule has 1 fully saturated rings. The maximum atomic E-state index is 13.8. The van der Waals surface area contributed by atoms with Crippen molar-refractivity contribution in [1.82, 2.24) is 19.5 Å². The largest absolute Gasteiger partial charge is 0.459 e. The number of hydrogen-bond acceptors (Lipinski definition) is 12. The summed E-state index contributed by atoms with van der Waals surface area (Å²) in [6.07, 6.45) is -0.415. The van der Waals surface area contributed by atoms with Gasteiger partial charge in [-0.2, -0.15) is 4.89 Å². The Morgan fingerprint density at radius 3 is 2.15 bits per heavy atom. The number of nitrogens with one attached hydrogen (secondary N) is 2. The molecule has 0 radical (unpaired) electrons. The molecule has 3 heterocycles. The number of fused-ring (bicyclic) bond motifs is 1. The van der Waals surface area contributed by atoms with Gasteiger partial charge in [-0.1, -0.05) is 54.6 Å². The molecule has 4 atom stereocenters. The number of hydrogen-bond donors (Lipinski definition) is 3. The predicted octanol–water partition coefficient (Wildman–Crippen LogP) is 3.15. The second-order valence-corrected chi connectivity index (χ2v) is 10.5. The topological polar surface area (TPSA) is 176 Å². The van der Waals surface area contributed by atoms with Gasteiger partial charge >= 0.3 is 5.69 Å². The first-order valence-corrected chi connectivity index (χ1v) is 14.2. The van der Waals surface area contributed by atoms with Crippen LogP contribution in [0.5, 0.6) is 17.2 Å². The van der Waals surface area contributed by atoms with Gasteiger partial charge in [0.05, 0.1) is 0 Å². The van der Waals surface area contributed by atoms with Gasteiger partial charge in [-0.3, -0.25) is 9.59 Å². The van der Waals surface area contributed by atoms with Crippen molar-refractivity contribution in [3.05, 3.63) is 108 Å². The lowest BCUT2D eigenvalue weighted by Crippen LogP contribution is -2.59. The van der Waals surface area contributed by atoms with Crippen LogP contribution in [0.1, 0.15) is 13.8 Å². The average Bonchev–Trinajstić information content (AvgIpc) is 3.53. The lowest BCUT2D eigenvalue weighted by atomic mass is 9.82. The smallest absolute Gasteiger partial charge is 0.330 e. The molecule has 3 N–H and O–H groups in total. The molecule has 236 valence electrons. The third-order valence-electron chi connectivity index (χ3n) is 7.46. The zero-order valence-electron chi connectivity index (χ0n) is 24.7. The van der Waals surface area contributed by atoms with Crippen LogP contribution in [0.25, 0.3) is 11.2 Å². The fourth-order valence-electron chi connectivity index (χ4n) is 5.52. The monoisotopic (exact) mass is 627 g/mol. The number of anilines is 1. The fourth-order valence-corrected chi connectivity index (χ4v) is 5.52. The standard InChI is InChI=1S/C32H29N5O9/c1-20(38)27-31(21(2)39,37-29-26(35-30(37)40)28(33-19-34-29)36-45-23-14-8-4-9-15-23)44-25(18-42-46-24-16-10-5-11-17-24)32(27,41)43-22-12-6-3-7-13-22/h3-17,19,25,27,41H,18H2,1-2H3,(H,35,40)(H,33,34,36)/t25-,27+,31-,32+/m1/s1. The first-order valence-electron chi connectivity index (χ1n) is 14.2. The Morgan fingerprint density at radius 1 is 0.935 bits per heavy atom. The molecule has 0 saturated carbocycles. The highest BCUT2D eigenvalue weighted by Crippen LogP contribution is 2.49. The predicted molar refractivity (Wildman–Crippen MR) is 162 cm³/mol. The molecule has 1 aliphatic heterocycles. The molecule has 1 aliphatic rings. The van der Waals surface area contributed by atoms with Crippen LogP contribution in [0.15, 0.2) is 102 Å². The summed E-state index contributed by atoms with van der Waals surface area (Å²) >= 11 is 0. The summed E-state index contributed by atoms with van der Waals surface area (Å²) in [6, 6.07) is 25.4. The van der Waals surface area contributed by atoms with Crippen LogP contribution in [0, 0.1) is 5.92 Å². The Bertz CT molecular complexity index is 1900. The van der Waals surface area contributed by atoms with E-state index in [1.807, 2.05) is 6.07 Å². The summed E-state index contributed by atoms with van der Waals surface area (Å²) in [5.74, 6) is -4.86. The molecule has 0 aliphatic carbocycles. The van der Waals surface area contributed by atoms with Crippen LogP contribution in [0.4, 0.5) is 5.82 Å². The number of Topliss-reactive ketones (excluding diaryl/α,β-unsaturated/α-hetero) is 2. The Kier molecular flexibility index (Phi) is 8.23. The number of aromatic amines is 1. The quantitative estimate of drug-likeness (QED) is 0.105. The van der Waals surface area contributed by atoms with E-state index >= 15 is 0 Å². The van der Waals surface area contributed by atoms with E-state index < -0.39 is 47.4 Å². The van der Waals surface area contributed by atoms with Crippen LogP contribution in [0.2, 0.25) is 0 Å². The molecule has 2 aromatic heterocycles. The van der Waals surface area contributed by atoms with Crippen LogP contribution in [0.3, 0.4) is 0 Å². The Hall–Kier alpha value is -5.57. The van der Waals surface area contributed by atoms with E-state index in [4.69, 9.17) is 24.1 Å². The van der Waals surface area contributed by atoms with E-state index in [0.717, 1.165) is 24.7 Å². The normalized spacial score (nSPS) is 22.3. The zero-order valence-corrected chi connectivity index (χ0v) is 24.7. The van der Waals surface area contributed by atoms with Gasteiger partial charge in [0.1, 0.15) is 35.9 Å². The first-order chi connectivity index (χ1) is 22.2. The van der Waals surface area contributed by atoms with Gasteiger partial charge in [0.2, 0.25) is 5.72 Å². The van der Waals surface area contributed by atoms with Gasteiger partial charge in [0.15, 0.2) is 34.9 Å². The van der Waals surface area contributed by atoms with E-state index in [1.54, 1.807) is 84.9 Å². The molecular weight excluding hydrogens is 598 g/mol. The van der Waals surface area contributed by atoms with Crippen molar-refractivity contribution in [3.63, 3.8) is 0 Å². The van der Waals surface area contributed by atoms with Gasteiger partial charge in [-0.15, -0.1) is 0 Å². The highest BCUT2D eigenvalue weighted by molar-refractivity contribution is 5.94. The van der Waals surface area contributed by atoms with E-state index in [0.29, 0.717) is 11.5 Å². The molecule has 14 heteroatoms. The molecule has 5 aromatic rings. The maximum absolute atomic E-state index is 13.8. The molecule has 0 unspecified atom stereocenters. The molecule has 1 saturated heterocycles. The minimum Gasteiger partial charge on any atom is -0.459 e. The summed E-state index contributed by atoms with van der Waals surface area (Å²) in [5, 5.41) is 12.3. The highest BCUT2D eigenvalue weighted by atomic mass is 17.2. The van der Waals surface area contributed by atoms with Crippen molar-refractivity contribution in [2.45, 2.75) is 31.5 Å². The number of aliphatic hydroxyl groups is 1. The van der Waals surface area contributed by atoms with Crippen molar-refractivity contribution < 1.29 is 38.8 Å². The number of H-pyrrole nitrogens is 1. The second kappa shape index (κ2) is 12.4. The van der Waals surface area contributed by atoms with Crippen LogP contribution in [-0.4, -0.2) is 54.7 Å². The first kappa shape index (κ1) is 30.5. The van der Waals surface area contributed by atoms with Crippen LogP contribution >= 0.6 is 0 Å². The summed E-state index contributed by atoms with van der Waals surface area (Å²) in [4.78, 5) is 68.5. The van der Waals surface area contributed by atoms with Crippen LogP contribution < -0.4 is 25.6 Å². The molecule has 3 aromatic carbocycles. The summed E-state index contributed by atoms with van der Waals surface area (Å²) in [5.41, 5.74) is -0.756. The zero-order chi connectivity index (χ0) is 32.3. The van der Waals surface area contributed by atoms with Crippen molar-refractivity contribution >= 4 is 28.5 Å². The number of ether oxygens (including phenoxy) is 2.